The van der Waals surface area contributed by atoms with Gasteiger partial charge in [0.1, 0.15) is 0 Å². The van der Waals surface area contributed by atoms with Crippen molar-refractivity contribution in [1.82, 2.24) is 10.2 Å². The molecule has 0 bridgehead atoms. The molecule has 84 valence electrons. The maximum Gasteiger partial charge on any atom is 0.0602 e. The maximum atomic E-state index is 5.48. The fourth-order valence-corrected chi connectivity index (χ4v) is 1.78. The van der Waals surface area contributed by atoms with Crippen LogP contribution in [-0.4, -0.2) is 56.7 Å². The Morgan fingerprint density at radius 1 is 1.14 bits per heavy atom. The molecule has 1 N–H and O–H groups in total. The van der Waals surface area contributed by atoms with Crippen LogP contribution in [0.4, 0.5) is 0 Å². The van der Waals surface area contributed by atoms with Crippen molar-refractivity contribution in [3.63, 3.8) is 0 Å². The monoisotopic (exact) mass is 220 g/mol. The lowest BCUT2D eigenvalue weighted by molar-refractivity contribution is 0.150. The Balaban J connectivity index is 1.75. The third-order valence-corrected chi connectivity index (χ3v) is 2.60. The van der Waals surface area contributed by atoms with Crippen molar-refractivity contribution in [2.75, 3.05) is 51.8 Å². The highest BCUT2D eigenvalue weighted by Crippen LogP contribution is 2.05. The molecule has 0 radical (unpaired) electrons. The first-order valence-electron chi connectivity index (χ1n) is 5.50. The fraction of sp³-hybridized carbons (Fsp3) is 1.00. The van der Waals surface area contributed by atoms with Crippen LogP contribution < -0.4 is 5.32 Å². The molecule has 3 nitrogen and oxygen atoms in total. The van der Waals surface area contributed by atoms with Crippen molar-refractivity contribution in [2.24, 2.45) is 0 Å². The Bertz CT molecular complexity index is 129. The molecule has 1 saturated heterocycles. The first-order valence-corrected chi connectivity index (χ1v) is 6.03. The number of rotatable bonds is 8. The minimum atomic E-state index is 0.591. The third-order valence-electron chi connectivity index (χ3n) is 2.45. The zero-order valence-corrected chi connectivity index (χ0v) is 9.56. The van der Waals surface area contributed by atoms with Gasteiger partial charge in [-0.3, -0.25) is 0 Å². The zero-order valence-electron chi connectivity index (χ0n) is 8.80. The highest BCUT2D eigenvalue weighted by molar-refractivity contribution is 6.17. The summed E-state index contributed by atoms with van der Waals surface area (Å²) in [6, 6.07) is 0. The van der Waals surface area contributed by atoms with Crippen LogP contribution in [0.3, 0.4) is 0 Å². The smallest absolute Gasteiger partial charge is 0.0602 e. The number of nitrogens with zero attached hydrogens (tertiary/aromatic N) is 1. The summed E-state index contributed by atoms with van der Waals surface area (Å²) in [6.45, 7) is 7.18. The molecule has 0 unspecified atom stereocenters. The molecule has 0 aliphatic carbocycles. The van der Waals surface area contributed by atoms with Crippen LogP contribution in [-0.2, 0) is 4.74 Å². The molecule has 14 heavy (non-hydrogen) atoms. The van der Waals surface area contributed by atoms with Gasteiger partial charge < -0.3 is 15.0 Å². The first kappa shape index (κ1) is 12.2. The predicted octanol–water partition coefficient (Wildman–Crippen LogP) is 0.927. The first-order chi connectivity index (χ1) is 6.93. The van der Waals surface area contributed by atoms with Crippen molar-refractivity contribution in [3.8, 4) is 0 Å². The summed E-state index contributed by atoms with van der Waals surface area (Å²) in [5.41, 5.74) is 0. The number of halogens is 1. The zero-order chi connectivity index (χ0) is 10.1. The van der Waals surface area contributed by atoms with Crippen molar-refractivity contribution in [3.05, 3.63) is 0 Å². The Morgan fingerprint density at radius 2 is 1.93 bits per heavy atom. The van der Waals surface area contributed by atoms with Gasteiger partial charge in [0.05, 0.1) is 13.2 Å². The van der Waals surface area contributed by atoms with Gasteiger partial charge in [0.15, 0.2) is 0 Å². The predicted molar refractivity (Wildman–Crippen MR) is 60.1 cm³/mol. The number of alkyl halides is 1. The summed E-state index contributed by atoms with van der Waals surface area (Å²) < 4.78 is 5.25. The number of hydrogen-bond acceptors (Lipinski definition) is 3. The van der Waals surface area contributed by atoms with E-state index in [-0.39, 0.29) is 0 Å². The Hall–Kier alpha value is 0.170. The number of ether oxygens (including phenoxy) is 1. The lowest BCUT2D eigenvalue weighted by Crippen LogP contribution is -2.31. The molecule has 0 saturated carbocycles. The third kappa shape index (κ3) is 5.81. The average molecular weight is 221 g/mol. The Labute approximate surface area is 91.7 Å². The molecular formula is C10H21ClN2O. The highest BCUT2D eigenvalue weighted by Gasteiger charge is 2.09. The minimum absolute atomic E-state index is 0.591. The van der Waals surface area contributed by atoms with E-state index in [1.54, 1.807) is 0 Å². The number of hydrogen-bond donors (Lipinski definition) is 1. The van der Waals surface area contributed by atoms with Crippen molar-refractivity contribution >= 4 is 11.6 Å². The van der Waals surface area contributed by atoms with Crippen LogP contribution >= 0.6 is 11.6 Å². The number of nitrogens with one attached hydrogen (secondary N) is 1. The second kappa shape index (κ2) is 8.48. The van der Waals surface area contributed by atoms with Gasteiger partial charge in [0.25, 0.3) is 0 Å². The molecule has 1 aliphatic rings. The SMILES string of the molecule is ClCCOCCNCCN1CCCC1. The summed E-state index contributed by atoms with van der Waals surface area (Å²) in [5.74, 6) is 0.591. The second-order valence-electron chi connectivity index (χ2n) is 3.60. The topological polar surface area (TPSA) is 24.5 Å². The highest BCUT2D eigenvalue weighted by atomic mass is 35.5. The van der Waals surface area contributed by atoms with Crippen LogP contribution in [0.25, 0.3) is 0 Å². The molecule has 1 fully saturated rings. The van der Waals surface area contributed by atoms with Gasteiger partial charge in [-0.15, -0.1) is 11.6 Å². The average Bonchev–Trinajstić information content (AvgIpc) is 2.69. The van der Waals surface area contributed by atoms with E-state index in [0.29, 0.717) is 12.5 Å². The summed E-state index contributed by atoms with van der Waals surface area (Å²) >= 11 is 5.48. The lowest BCUT2D eigenvalue weighted by atomic mass is 10.4. The molecule has 0 amide bonds. The van der Waals surface area contributed by atoms with Crippen LogP contribution in [0.1, 0.15) is 12.8 Å². The Kier molecular flexibility index (Phi) is 7.41. The van der Waals surface area contributed by atoms with Crippen LogP contribution in [0, 0.1) is 0 Å². The van der Waals surface area contributed by atoms with Gasteiger partial charge in [-0.1, -0.05) is 0 Å². The standard InChI is InChI=1S/C10H21ClN2O/c11-3-9-14-10-5-12-4-8-13-6-1-2-7-13/h12H,1-10H2. The summed E-state index contributed by atoms with van der Waals surface area (Å²) in [5, 5.41) is 3.36. The van der Waals surface area contributed by atoms with E-state index in [2.05, 4.69) is 10.2 Å². The molecule has 0 aromatic carbocycles. The van der Waals surface area contributed by atoms with Crippen LogP contribution in [0.5, 0.6) is 0 Å². The van der Waals surface area contributed by atoms with Crippen molar-refractivity contribution < 1.29 is 4.74 Å². The summed E-state index contributed by atoms with van der Waals surface area (Å²) in [4.78, 5) is 2.51. The van der Waals surface area contributed by atoms with Gasteiger partial charge in [0, 0.05) is 25.5 Å². The molecule has 4 heteroatoms. The molecule has 0 aromatic rings. The van der Waals surface area contributed by atoms with Gasteiger partial charge in [-0.25, -0.2) is 0 Å². The second-order valence-corrected chi connectivity index (χ2v) is 3.98. The van der Waals surface area contributed by atoms with Crippen LogP contribution in [0.15, 0.2) is 0 Å². The van der Waals surface area contributed by atoms with E-state index in [9.17, 15) is 0 Å². The minimum Gasteiger partial charge on any atom is -0.379 e. The van der Waals surface area contributed by atoms with E-state index in [4.69, 9.17) is 16.3 Å². The summed E-state index contributed by atoms with van der Waals surface area (Å²) in [6.07, 6.45) is 2.75. The van der Waals surface area contributed by atoms with Crippen molar-refractivity contribution in [1.29, 1.82) is 0 Å². The molecule has 0 aromatic heterocycles. The molecule has 0 atom stereocenters. The maximum absolute atomic E-state index is 5.48. The van der Waals surface area contributed by atoms with Gasteiger partial charge in [0.2, 0.25) is 0 Å². The van der Waals surface area contributed by atoms with Gasteiger partial charge >= 0.3 is 0 Å². The molecule has 1 aliphatic heterocycles. The molecular weight excluding hydrogens is 200 g/mol. The van der Waals surface area contributed by atoms with Crippen molar-refractivity contribution in [2.45, 2.75) is 12.8 Å². The van der Waals surface area contributed by atoms with E-state index in [1.807, 2.05) is 0 Å². The Morgan fingerprint density at radius 3 is 2.64 bits per heavy atom. The number of likely N-dealkylation sites (tertiary alicyclic amines) is 1. The van der Waals surface area contributed by atoms with Crippen LogP contribution in [0.2, 0.25) is 0 Å². The van der Waals surface area contributed by atoms with Gasteiger partial charge in [-0.2, -0.15) is 0 Å². The molecule has 0 spiro atoms. The summed E-state index contributed by atoms with van der Waals surface area (Å²) in [7, 11) is 0. The fourth-order valence-electron chi connectivity index (χ4n) is 1.67. The van der Waals surface area contributed by atoms with E-state index >= 15 is 0 Å². The lowest BCUT2D eigenvalue weighted by Gasteiger charge is -2.14. The van der Waals surface area contributed by atoms with E-state index in [0.717, 1.165) is 19.7 Å². The largest absolute Gasteiger partial charge is 0.379 e. The molecule has 1 rings (SSSR count). The molecule has 1 heterocycles. The quantitative estimate of drug-likeness (QED) is 0.487. The normalized spacial score (nSPS) is 17.8. The van der Waals surface area contributed by atoms with E-state index in [1.165, 1.54) is 32.5 Å². The van der Waals surface area contributed by atoms with Gasteiger partial charge in [-0.05, 0) is 25.9 Å². The van der Waals surface area contributed by atoms with E-state index < -0.39 is 0 Å².